The lowest BCUT2D eigenvalue weighted by Crippen LogP contribution is -2.01. The number of aromatic nitrogens is 2. The van der Waals surface area contributed by atoms with Gasteiger partial charge in [0, 0.05) is 54.6 Å². The van der Waals surface area contributed by atoms with E-state index in [4.69, 9.17) is 28.9 Å². The summed E-state index contributed by atoms with van der Waals surface area (Å²) in [5.74, 6) is 2.99. The Labute approximate surface area is 278 Å². The maximum Gasteiger partial charge on any atom is 0.128 e. The van der Waals surface area contributed by atoms with Crippen LogP contribution < -0.4 is 18.9 Å². The van der Waals surface area contributed by atoms with E-state index in [2.05, 4.69) is 48.5 Å². The highest BCUT2D eigenvalue weighted by Crippen LogP contribution is 2.49. The summed E-state index contributed by atoms with van der Waals surface area (Å²) >= 11 is 0. The zero-order valence-corrected chi connectivity index (χ0v) is 27.1. The van der Waals surface area contributed by atoms with Crippen LogP contribution in [0.15, 0.2) is 121 Å². The highest BCUT2D eigenvalue weighted by molar-refractivity contribution is 6.30. The van der Waals surface area contributed by atoms with Crippen molar-refractivity contribution < 1.29 is 18.9 Å². The summed E-state index contributed by atoms with van der Waals surface area (Å²) in [6.45, 7) is 0. The second-order valence-electron chi connectivity index (χ2n) is 11.5. The molecule has 0 saturated carbocycles. The topological polar surface area (TPSA) is 62.7 Å². The SMILES string of the molecule is COc1ccccc1-c1nc(-c2ccccc2OC)c2ccc3c(-c4ccccc4OC)nc(-c4ccccc4OC)c4ccc1c2c43. The summed E-state index contributed by atoms with van der Waals surface area (Å²) in [5.41, 5.74) is 6.91. The third-order valence-electron chi connectivity index (χ3n) is 9.08. The number of methoxy groups -OCH3 is 4. The number of ether oxygens (including phenoxy) is 4. The average Bonchev–Trinajstić information content (AvgIpc) is 3.16. The summed E-state index contributed by atoms with van der Waals surface area (Å²) in [6.07, 6.45) is 0. The van der Waals surface area contributed by atoms with E-state index in [0.717, 1.165) is 100 Å². The van der Waals surface area contributed by atoms with Crippen molar-refractivity contribution in [2.45, 2.75) is 0 Å². The number of rotatable bonds is 8. The fraction of sp³-hybridized carbons (Fsp3) is 0.0952. The molecule has 0 saturated heterocycles. The third kappa shape index (κ3) is 4.48. The minimum Gasteiger partial charge on any atom is -0.496 e. The molecule has 6 heteroatoms. The largest absolute Gasteiger partial charge is 0.496 e. The highest BCUT2D eigenvalue weighted by atomic mass is 16.5. The van der Waals surface area contributed by atoms with Gasteiger partial charge in [-0.3, -0.25) is 0 Å². The van der Waals surface area contributed by atoms with Crippen LogP contribution in [0.2, 0.25) is 0 Å². The first-order valence-corrected chi connectivity index (χ1v) is 15.7. The lowest BCUT2D eigenvalue weighted by atomic mass is 9.87. The normalized spacial score (nSPS) is 11.3. The van der Waals surface area contributed by atoms with Crippen LogP contribution in [0.25, 0.3) is 77.3 Å². The predicted molar refractivity (Wildman–Crippen MR) is 194 cm³/mol. The van der Waals surface area contributed by atoms with E-state index in [9.17, 15) is 0 Å². The molecule has 8 aromatic rings. The van der Waals surface area contributed by atoms with E-state index >= 15 is 0 Å². The van der Waals surface area contributed by atoms with Crippen molar-refractivity contribution in [2.24, 2.45) is 0 Å². The Morgan fingerprint density at radius 1 is 0.312 bits per heavy atom. The third-order valence-corrected chi connectivity index (χ3v) is 9.08. The highest BCUT2D eigenvalue weighted by Gasteiger charge is 2.25. The Kier molecular flexibility index (Phi) is 7.26. The van der Waals surface area contributed by atoms with Crippen molar-refractivity contribution in [1.29, 1.82) is 0 Å². The first kappa shape index (κ1) is 29.3. The Balaban J connectivity index is 1.61. The molecule has 6 aromatic carbocycles. The molecular formula is C42H32N2O4. The van der Waals surface area contributed by atoms with Crippen LogP contribution in [0.4, 0.5) is 0 Å². The van der Waals surface area contributed by atoms with Crippen molar-refractivity contribution in [2.75, 3.05) is 28.4 Å². The summed E-state index contributed by atoms with van der Waals surface area (Å²) < 4.78 is 23.5. The van der Waals surface area contributed by atoms with Gasteiger partial charge in [0.25, 0.3) is 0 Å². The summed E-state index contributed by atoms with van der Waals surface area (Å²) in [4.78, 5) is 10.8. The Morgan fingerprint density at radius 3 is 0.771 bits per heavy atom. The Bertz CT molecular complexity index is 2140. The molecule has 6 nitrogen and oxygen atoms in total. The number of benzene rings is 6. The van der Waals surface area contributed by atoms with Gasteiger partial charge in [0.05, 0.1) is 51.2 Å². The van der Waals surface area contributed by atoms with E-state index in [-0.39, 0.29) is 0 Å². The number of hydrogen-bond acceptors (Lipinski definition) is 6. The maximum atomic E-state index is 5.88. The van der Waals surface area contributed by atoms with Crippen molar-refractivity contribution in [3.05, 3.63) is 121 Å². The number of para-hydroxylation sites is 4. The van der Waals surface area contributed by atoms with Crippen molar-refractivity contribution in [3.63, 3.8) is 0 Å². The van der Waals surface area contributed by atoms with Gasteiger partial charge in [-0.15, -0.1) is 0 Å². The molecule has 0 atom stereocenters. The molecular weight excluding hydrogens is 596 g/mol. The molecule has 0 radical (unpaired) electrons. The molecule has 0 unspecified atom stereocenters. The van der Waals surface area contributed by atoms with Crippen molar-refractivity contribution in [1.82, 2.24) is 9.97 Å². The van der Waals surface area contributed by atoms with Gasteiger partial charge in [-0.05, 0) is 48.5 Å². The van der Waals surface area contributed by atoms with Crippen LogP contribution in [0.3, 0.4) is 0 Å². The fourth-order valence-electron chi connectivity index (χ4n) is 6.93. The molecule has 234 valence electrons. The smallest absolute Gasteiger partial charge is 0.128 e. The first-order chi connectivity index (χ1) is 23.7. The van der Waals surface area contributed by atoms with E-state index in [1.165, 1.54) is 0 Å². The minimum absolute atomic E-state index is 0.747. The maximum absolute atomic E-state index is 5.88. The van der Waals surface area contributed by atoms with Gasteiger partial charge >= 0.3 is 0 Å². The average molecular weight is 629 g/mol. The Morgan fingerprint density at radius 2 is 0.542 bits per heavy atom. The molecule has 0 aliphatic carbocycles. The molecule has 0 fully saturated rings. The number of nitrogens with zero attached hydrogens (tertiary/aromatic N) is 2. The summed E-state index contributed by atoms with van der Waals surface area (Å²) in [5, 5.41) is 6.20. The zero-order chi connectivity index (χ0) is 32.8. The molecule has 48 heavy (non-hydrogen) atoms. The minimum atomic E-state index is 0.747. The van der Waals surface area contributed by atoms with Gasteiger partial charge < -0.3 is 18.9 Å². The molecule has 0 N–H and O–H groups in total. The number of hydrogen-bond donors (Lipinski definition) is 0. The summed E-state index contributed by atoms with van der Waals surface area (Å²) in [7, 11) is 6.78. The van der Waals surface area contributed by atoms with Gasteiger partial charge in [0.1, 0.15) is 23.0 Å². The van der Waals surface area contributed by atoms with Gasteiger partial charge in [-0.1, -0.05) is 72.8 Å². The molecule has 0 spiro atoms. The van der Waals surface area contributed by atoms with E-state index < -0.39 is 0 Å². The van der Waals surface area contributed by atoms with Crippen LogP contribution in [-0.4, -0.2) is 38.4 Å². The molecule has 8 rings (SSSR count). The van der Waals surface area contributed by atoms with E-state index in [1.54, 1.807) is 28.4 Å². The van der Waals surface area contributed by atoms with E-state index in [1.807, 2.05) is 72.8 Å². The quantitative estimate of drug-likeness (QED) is 0.156. The van der Waals surface area contributed by atoms with Gasteiger partial charge in [0.15, 0.2) is 0 Å². The van der Waals surface area contributed by atoms with Crippen LogP contribution in [-0.2, 0) is 0 Å². The van der Waals surface area contributed by atoms with Crippen LogP contribution >= 0.6 is 0 Å². The van der Waals surface area contributed by atoms with Crippen molar-refractivity contribution >= 4 is 32.3 Å². The Hall–Kier alpha value is -6.14. The second-order valence-corrected chi connectivity index (χ2v) is 11.5. The molecule has 0 amide bonds. The fourth-order valence-corrected chi connectivity index (χ4v) is 6.93. The number of pyridine rings is 2. The predicted octanol–water partition coefficient (Wildman–Crippen LogP) is 10.1. The standard InChI is InChI=1S/C42H32N2O4/c1-45-33-17-9-5-13-25(33)39-29-21-22-31-38-32(24-23-30(37(29)38)40(43-39)26-14-6-10-18-34(26)46-2)42(28-16-8-12-20-36(28)48-4)44-41(31)27-15-7-11-19-35(27)47-3/h5-24H,1-4H3. The zero-order valence-electron chi connectivity index (χ0n) is 27.1. The van der Waals surface area contributed by atoms with Gasteiger partial charge in [-0.2, -0.15) is 0 Å². The molecule has 0 aliphatic heterocycles. The monoisotopic (exact) mass is 628 g/mol. The lowest BCUT2D eigenvalue weighted by molar-refractivity contribution is 0.416. The van der Waals surface area contributed by atoms with Crippen LogP contribution in [0.1, 0.15) is 0 Å². The molecule has 0 aliphatic rings. The molecule has 2 heterocycles. The second kappa shape index (κ2) is 11.9. The van der Waals surface area contributed by atoms with Crippen LogP contribution in [0.5, 0.6) is 23.0 Å². The van der Waals surface area contributed by atoms with Gasteiger partial charge in [0.2, 0.25) is 0 Å². The van der Waals surface area contributed by atoms with Crippen LogP contribution in [0, 0.1) is 0 Å². The molecule has 2 aromatic heterocycles. The molecule has 0 bridgehead atoms. The lowest BCUT2D eigenvalue weighted by Gasteiger charge is -2.22. The van der Waals surface area contributed by atoms with Crippen molar-refractivity contribution in [3.8, 4) is 68.0 Å². The van der Waals surface area contributed by atoms with E-state index in [0.29, 0.717) is 0 Å². The summed E-state index contributed by atoms with van der Waals surface area (Å²) in [6, 6.07) is 40.8. The first-order valence-electron chi connectivity index (χ1n) is 15.7. The van der Waals surface area contributed by atoms with Gasteiger partial charge in [-0.25, -0.2) is 9.97 Å².